The van der Waals surface area contributed by atoms with E-state index in [0.29, 0.717) is 12.2 Å². The van der Waals surface area contributed by atoms with Crippen molar-refractivity contribution in [3.63, 3.8) is 0 Å². The first-order valence-corrected chi connectivity index (χ1v) is 8.21. The quantitative estimate of drug-likeness (QED) is 0.924. The molecule has 0 aliphatic carbocycles. The maximum absolute atomic E-state index is 13.0. The van der Waals surface area contributed by atoms with Gasteiger partial charge in [-0.2, -0.15) is 5.10 Å². The van der Waals surface area contributed by atoms with Gasteiger partial charge in [0.1, 0.15) is 5.82 Å². The van der Waals surface area contributed by atoms with Crippen molar-refractivity contribution in [1.29, 1.82) is 0 Å². The SMILES string of the molecule is Cc1nn(C)cc1[C@H](C)NC(=O)[C@H]1CC(=O)N(c2ccc(F)cc2)C1. The highest BCUT2D eigenvalue weighted by atomic mass is 19.1. The molecule has 3 rings (SSSR count). The Labute approximate surface area is 145 Å². The summed E-state index contributed by atoms with van der Waals surface area (Å²) in [4.78, 5) is 26.3. The van der Waals surface area contributed by atoms with E-state index < -0.39 is 5.92 Å². The van der Waals surface area contributed by atoms with Crippen molar-refractivity contribution in [3.05, 3.63) is 47.5 Å². The minimum Gasteiger partial charge on any atom is -0.349 e. The Bertz CT molecular complexity index is 800. The molecule has 0 saturated carbocycles. The lowest BCUT2D eigenvalue weighted by Crippen LogP contribution is -2.34. The van der Waals surface area contributed by atoms with Crippen molar-refractivity contribution < 1.29 is 14.0 Å². The zero-order valence-corrected chi connectivity index (χ0v) is 14.5. The van der Waals surface area contributed by atoms with Gasteiger partial charge in [0.25, 0.3) is 0 Å². The molecule has 6 nitrogen and oxygen atoms in total. The second kappa shape index (κ2) is 6.66. The number of carbonyl (C=O) groups is 2. The first-order valence-electron chi connectivity index (χ1n) is 8.21. The van der Waals surface area contributed by atoms with Gasteiger partial charge < -0.3 is 10.2 Å². The van der Waals surface area contributed by atoms with Gasteiger partial charge in [0.05, 0.1) is 17.7 Å². The topological polar surface area (TPSA) is 67.2 Å². The third-order valence-corrected chi connectivity index (χ3v) is 4.51. The van der Waals surface area contributed by atoms with Crippen molar-refractivity contribution in [2.24, 2.45) is 13.0 Å². The normalized spacial score (nSPS) is 18.5. The molecule has 2 atom stereocenters. The van der Waals surface area contributed by atoms with Crippen LogP contribution in [0.3, 0.4) is 0 Å². The fourth-order valence-corrected chi connectivity index (χ4v) is 3.21. The predicted octanol–water partition coefficient (Wildman–Crippen LogP) is 2.10. The smallest absolute Gasteiger partial charge is 0.227 e. The molecule has 0 radical (unpaired) electrons. The summed E-state index contributed by atoms with van der Waals surface area (Å²) in [7, 11) is 1.83. The summed E-state index contributed by atoms with van der Waals surface area (Å²) in [6.07, 6.45) is 2.03. The lowest BCUT2D eigenvalue weighted by Gasteiger charge is -2.18. The minimum atomic E-state index is -0.419. The number of benzene rings is 1. The molecule has 1 aromatic carbocycles. The van der Waals surface area contributed by atoms with E-state index in [1.54, 1.807) is 16.8 Å². The van der Waals surface area contributed by atoms with Gasteiger partial charge in [-0.1, -0.05) is 0 Å². The number of anilines is 1. The first-order chi connectivity index (χ1) is 11.8. The first kappa shape index (κ1) is 17.1. The van der Waals surface area contributed by atoms with Crippen molar-refractivity contribution in [2.75, 3.05) is 11.4 Å². The van der Waals surface area contributed by atoms with Crippen LogP contribution in [0, 0.1) is 18.7 Å². The molecule has 1 aliphatic heterocycles. The van der Waals surface area contributed by atoms with E-state index >= 15 is 0 Å². The number of hydrogen-bond acceptors (Lipinski definition) is 3. The molecular weight excluding hydrogens is 323 g/mol. The average molecular weight is 344 g/mol. The number of hydrogen-bond donors (Lipinski definition) is 1. The van der Waals surface area contributed by atoms with Crippen molar-refractivity contribution >= 4 is 17.5 Å². The van der Waals surface area contributed by atoms with Crippen LogP contribution < -0.4 is 10.2 Å². The molecule has 132 valence electrons. The van der Waals surface area contributed by atoms with E-state index in [-0.39, 0.29) is 30.1 Å². The zero-order valence-electron chi connectivity index (χ0n) is 14.5. The molecule has 1 fully saturated rings. The van der Waals surface area contributed by atoms with Gasteiger partial charge in [-0.3, -0.25) is 14.3 Å². The van der Waals surface area contributed by atoms with Crippen LogP contribution in [-0.4, -0.2) is 28.1 Å². The van der Waals surface area contributed by atoms with Crippen LogP contribution >= 0.6 is 0 Å². The standard InChI is InChI=1S/C18H21FN4O2/c1-11(16-10-22(3)21-12(16)2)20-18(25)13-8-17(24)23(9-13)15-6-4-14(19)5-7-15/h4-7,10-11,13H,8-9H2,1-3H3,(H,20,25)/t11-,13-/m0/s1. The van der Waals surface area contributed by atoms with E-state index in [0.717, 1.165) is 11.3 Å². The Morgan fingerprint density at radius 3 is 2.64 bits per heavy atom. The third kappa shape index (κ3) is 3.55. The molecule has 2 aromatic rings. The lowest BCUT2D eigenvalue weighted by molar-refractivity contribution is -0.126. The van der Waals surface area contributed by atoms with Crippen LogP contribution in [0.5, 0.6) is 0 Å². The van der Waals surface area contributed by atoms with Gasteiger partial charge in [0, 0.05) is 37.5 Å². The monoisotopic (exact) mass is 344 g/mol. The minimum absolute atomic E-state index is 0.128. The summed E-state index contributed by atoms with van der Waals surface area (Å²) in [5, 5.41) is 7.24. The fourth-order valence-electron chi connectivity index (χ4n) is 3.21. The van der Waals surface area contributed by atoms with Crippen LogP contribution in [0.4, 0.5) is 10.1 Å². The average Bonchev–Trinajstić information content (AvgIpc) is 3.10. The highest BCUT2D eigenvalue weighted by molar-refractivity contribution is 6.00. The molecular formula is C18H21FN4O2. The van der Waals surface area contributed by atoms with Gasteiger partial charge in [0.2, 0.25) is 11.8 Å². The van der Waals surface area contributed by atoms with E-state index in [4.69, 9.17) is 0 Å². The number of carbonyl (C=O) groups excluding carboxylic acids is 2. The molecule has 1 aliphatic rings. The summed E-state index contributed by atoms with van der Waals surface area (Å²) in [5.74, 6) is -1.06. The van der Waals surface area contributed by atoms with E-state index in [2.05, 4.69) is 10.4 Å². The highest BCUT2D eigenvalue weighted by Crippen LogP contribution is 2.26. The highest BCUT2D eigenvalue weighted by Gasteiger charge is 2.35. The molecule has 2 heterocycles. The van der Waals surface area contributed by atoms with Crippen molar-refractivity contribution in [2.45, 2.75) is 26.3 Å². The second-order valence-corrected chi connectivity index (χ2v) is 6.46. The fraction of sp³-hybridized carbons (Fsp3) is 0.389. The number of rotatable bonds is 4. The molecule has 0 bridgehead atoms. The maximum Gasteiger partial charge on any atom is 0.227 e. The third-order valence-electron chi connectivity index (χ3n) is 4.51. The summed E-state index contributed by atoms with van der Waals surface area (Å²) in [6, 6.07) is 5.53. The van der Waals surface area contributed by atoms with E-state index in [9.17, 15) is 14.0 Å². The van der Waals surface area contributed by atoms with Crippen molar-refractivity contribution in [3.8, 4) is 0 Å². The summed E-state index contributed by atoms with van der Waals surface area (Å²) in [6.45, 7) is 4.10. The summed E-state index contributed by atoms with van der Waals surface area (Å²) >= 11 is 0. The van der Waals surface area contributed by atoms with Crippen LogP contribution in [0.1, 0.15) is 30.6 Å². The van der Waals surface area contributed by atoms with Crippen LogP contribution in [0.25, 0.3) is 0 Å². The predicted molar refractivity (Wildman–Crippen MR) is 91.4 cm³/mol. The summed E-state index contributed by atoms with van der Waals surface area (Å²) in [5.41, 5.74) is 2.43. The Kier molecular flexibility index (Phi) is 4.57. The summed E-state index contributed by atoms with van der Waals surface area (Å²) < 4.78 is 14.8. The largest absolute Gasteiger partial charge is 0.349 e. The number of nitrogens with zero attached hydrogens (tertiary/aromatic N) is 3. The molecule has 0 spiro atoms. The molecule has 1 N–H and O–H groups in total. The van der Waals surface area contributed by atoms with Gasteiger partial charge in [-0.15, -0.1) is 0 Å². The van der Waals surface area contributed by atoms with Gasteiger partial charge in [-0.05, 0) is 38.1 Å². The molecule has 25 heavy (non-hydrogen) atoms. The molecule has 7 heteroatoms. The Balaban J connectivity index is 1.66. The van der Waals surface area contributed by atoms with Crippen LogP contribution in [0.2, 0.25) is 0 Å². The Morgan fingerprint density at radius 1 is 1.36 bits per heavy atom. The molecule has 0 unspecified atom stereocenters. The van der Waals surface area contributed by atoms with Gasteiger partial charge in [-0.25, -0.2) is 4.39 Å². The number of halogens is 1. The number of amides is 2. The molecule has 1 aromatic heterocycles. The van der Waals surface area contributed by atoms with Gasteiger partial charge >= 0.3 is 0 Å². The van der Waals surface area contributed by atoms with Crippen LogP contribution in [-0.2, 0) is 16.6 Å². The van der Waals surface area contributed by atoms with E-state index in [1.165, 1.54) is 17.0 Å². The van der Waals surface area contributed by atoms with E-state index in [1.807, 2.05) is 27.1 Å². The van der Waals surface area contributed by atoms with Crippen molar-refractivity contribution in [1.82, 2.24) is 15.1 Å². The second-order valence-electron chi connectivity index (χ2n) is 6.46. The Hall–Kier alpha value is -2.70. The molecule has 1 saturated heterocycles. The number of aromatic nitrogens is 2. The molecule has 2 amide bonds. The number of nitrogens with one attached hydrogen (secondary N) is 1. The van der Waals surface area contributed by atoms with Gasteiger partial charge in [0.15, 0.2) is 0 Å². The lowest BCUT2D eigenvalue weighted by atomic mass is 10.1. The maximum atomic E-state index is 13.0. The zero-order chi connectivity index (χ0) is 18.1. The Morgan fingerprint density at radius 2 is 2.04 bits per heavy atom. The van der Waals surface area contributed by atoms with Crippen LogP contribution in [0.15, 0.2) is 30.5 Å². The number of aryl methyl sites for hydroxylation is 2.